The first-order valence-corrected chi connectivity index (χ1v) is 12.9. The Morgan fingerprint density at radius 3 is 2.55 bits per heavy atom. The first kappa shape index (κ1) is 21.4. The standard InChI is InChI=1S/C25H19FN2O3S2/c1-33(29,30)22-7-3-5-19(15-22)24-23(27-25-28(24)12-13-32-25)18-4-2-6-21(14-18)31-16-17-8-10-20(26)11-9-17/h2-15H,16H2,1H3. The van der Waals surface area contributed by atoms with Gasteiger partial charge in [0.05, 0.1) is 16.3 Å². The third kappa shape index (κ3) is 4.40. The van der Waals surface area contributed by atoms with E-state index in [0.29, 0.717) is 12.4 Å². The summed E-state index contributed by atoms with van der Waals surface area (Å²) >= 11 is 1.51. The molecule has 3 aromatic carbocycles. The Labute approximate surface area is 194 Å². The number of benzene rings is 3. The first-order chi connectivity index (χ1) is 15.9. The molecule has 0 saturated carbocycles. The van der Waals surface area contributed by atoms with Gasteiger partial charge < -0.3 is 4.74 Å². The van der Waals surface area contributed by atoms with Gasteiger partial charge in [0.15, 0.2) is 14.8 Å². The molecule has 0 unspecified atom stereocenters. The Hall–Kier alpha value is -3.49. The smallest absolute Gasteiger partial charge is 0.194 e. The summed E-state index contributed by atoms with van der Waals surface area (Å²) in [6, 6.07) is 20.7. The van der Waals surface area contributed by atoms with Crippen molar-refractivity contribution >= 4 is 26.1 Å². The molecule has 0 atom stereocenters. The maximum absolute atomic E-state index is 13.1. The number of hydrogen-bond donors (Lipinski definition) is 0. The fraction of sp³-hybridized carbons (Fsp3) is 0.0800. The molecular weight excluding hydrogens is 459 g/mol. The summed E-state index contributed by atoms with van der Waals surface area (Å²) in [5, 5.41) is 1.94. The molecule has 33 heavy (non-hydrogen) atoms. The van der Waals surface area contributed by atoms with Crippen molar-refractivity contribution in [1.82, 2.24) is 9.38 Å². The van der Waals surface area contributed by atoms with Gasteiger partial charge in [-0.2, -0.15) is 0 Å². The van der Waals surface area contributed by atoms with Gasteiger partial charge in [-0.25, -0.2) is 17.8 Å². The zero-order chi connectivity index (χ0) is 23.0. The molecule has 166 valence electrons. The maximum atomic E-state index is 13.1. The number of nitrogens with zero attached hydrogens (tertiary/aromatic N) is 2. The summed E-state index contributed by atoms with van der Waals surface area (Å²) in [6.07, 6.45) is 3.12. The molecule has 0 spiro atoms. The fourth-order valence-corrected chi connectivity index (χ4v) is 5.00. The van der Waals surface area contributed by atoms with Crippen LogP contribution in [0.4, 0.5) is 4.39 Å². The number of aromatic nitrogens is 2. The Balaban J connectivity index is 1.54. The van der Waals surface area contributed by atoms with Crippen LogP contribution in [0.3, 0.4) is 0 Å². The lowest BCUT2D eigenvalue weighted by Crippen LogP contribution is -1.98. The molecule has 0 N–H and O–H groups in total. The van der Waals surface area contributed by atoms with Gasteiger partial charge in [0.2, 0.25) is 0 Å². The minimum atomic E-state index is -3.35. The normalized spacial score (nSPS) is 11.7. The number of fused-ring (bicyclic) bond motifs is 1. The van der Waals surface area contributed by atoms with Gasteiger partial charge in [-0.05, 0) is 42.0 Å². The molecule has 2 aromatic heterocycles. The average molecular weight is 479 g/mol. The van der Waals surface area contributed by atoms with Crippen LogP contribution >= 0.6 is 11.3 Å². The van der Waals surface area contributed by atoms with E-state index in [9.17, 15) is 12.8 Å². The number of imidazole rings is 1. The van der Waals surface area contributed by atoms with Crippen LogP contribution in [0.25, 0.3) is 27.5 Å². The van der Waals surface area contributed by atoms with E-state index in [1.807, 2.05) is 46.3 Å². The Bertz CT molecular complexity index is 1550. The third-order valence-electron chi connectivity index (χ3n) is 5.22. The Kier molecular flexibility index (Phi) is 5.47. The van der Waals surface area contributed by atoms with E-state index in [4.69, 9.17) is 9.72 Å². The summed E-state index contributed by atoms with van der Waals surface area (Å²) in [5.74, 6) is 0.372. The predicted molar refractivity (Wildman–Crippen MR) is 128 cm³/mol. The first-order valence-electron chi connectivity index (χ1n) is 10.1. The maximum Gasteiger partial charge on any atom is 0.194 e. The van der Waals surface area contributed by atoms with Crippen LogP contribution in [-0.2, 0) is 16.4 Å². The van der Waals surface area contributed by atoms with Gasteiger partial charge in [-0.1, -0.05) is 36.4 Å². The Morgan fingerprint density at radius 2 is 1.76 bits per heavy atom. The van der Waals surface area contributed by atoms with E-state index in [1.54, 1.807) is 30.3 Å². The van der Waals surface area contributed by atoms with E-state index in [0.717, 1.165) is 33.0 Å². The Morgan fingerprint density at radius 1 is 1.00 bits per heavy atom. The predicted octanol–water partition coefficient (Wildman–Crippen LogP) is 5.85. The number of halogens is 1. The molecule has 2 heterocycles. The summed E-state index contributed by atoms with van der Waals surface area (Å²) in [6.45, 7) is 0.311. The third-order valence-corrected chi connectivity index (χ3v) is 7.09. The topological polar surface area (TPSA) is 60.7 Å². The summed E-state index contributed by atoms with van der Waals surface area (Å²) in [4.78, 5) is 5.88. The van der Waals surface area contributed by atoms with Crippen molar-refractivity contribution in [2.24, 2.45) is 0 Å². The minimum absolute atomic E-state index is 0.257. The van der Waals surface area contributed by atoms with E-state index in [-0.39, 0.29) is 10.7 Å². The van der Waals surface area contributed by atoms with Crippen LogP contribution in [-0.4, -0.2) is 24.1 Å². The quantitative estimate of drug-likeness (QED) is 0.307. The molecule has 5 nitrogen and oxygen atoms in total. The van der Waals surface area contributed by atoms with Crippen LogP contribution in [0.1, 0.15) is 5.56 Å². The van der Waals surface area contributed by atoms with E-state index < -0.39 is 9.84 Å². The lowest BCUT2D eigenvalue weighted by Gasteiger charge is -2.10. The minimum Gasteiger partial charge on any atom is -0.489 e. The second kappa shape index (κ2) is 8.46. The second-order valence-corrected chi connectivity index (χ2v) is 10.5. The summed E-state index contributed by atoms with van der Waals surface area (Å²) in [7, 11) is -3.35. The number of rotatable bonds is 6. The van der Waals surface area contributed by atoms with Gasteiger partial charge in [-0.15, -0.1) is 11.3 Å². The molecule has 0 bridgehead atoms. The van der Waals surface area contributed by atoms with Crippen LogP contribution in [0.2, 0.25) is 0 Å². The van der Waals surface area contributed by atoms with Crippen molar-refractivity contribution in [2.75, 3.05) is 6.26 Å². The molecule has 8 heteroatoms. The zero-order valence-corrected chi connectivity index (χ0v) is 19.2. The van der Waals surface area contributed by atoms with Gasteiger partial charge in [0.25, 0.3) is 0 Å². The van der Waals surface area contributed by atoms with Gasteiger partial charge in [0, 0.05) is 29.0 Å². The molecule has 0 aliphatic heterocycles. The van der Waals surface area contributed by atoms with Crippen molar-refractivity contribution in [3.8, 4) is 28.3 Å². The van der Waals surface area contributed by atoms with Crippen molar-refractivity contribution in [2.45, 2.75) is 11.5 Å². The zero-order valence-electron chi connectivity index (χ0n) is 17.6. The number of ether oxygens (including phenoxy) is 1. The van der Waals surface area contributed by atoms with E-state index in [1.165, 1.54) is 29.7 Å². The highest BCUT2D eigenvalue weighted by Crippen LogP contribution is 2.36. The number of thiazole rings is 1. The molecule has 0 aliphatic carbocycles. The summed E-state index contributed by atoms with van der Waals surface area (Å²) in [5.41, 5.74) is 4.02. The highest BCUT2D eigenvalue weighted by Gasteiger charge is 2.19. The molecule has 0 saturated heterocycles. The van der Waals surface area contributed by atoms with Gasteiger partial charge in [-0.3, -0.25) is 4.40 Å². The van der Waals surface area contributed by atoms with Crippen molar-refractivity contribution in [3.63, 3.8) is 0 Å². The average Bonchev–Trinajstić information content (AvgIpc) is 3.40. The largest absolute Gasteiger partial charge is 0.489 e. The SMILES string of the molecule is CS(=O)(=O)c1cccc(-c2c(-c3cccc(OCc4ccc(F)cc4)c3)nc3sccn23)c1. The highest BCUT2D eigenvalue weighted by molar-refractivity contribution is 7.90. The van der Waals surface area contributed by atoms with Crippen LogP contribution in [0, 0.1) is 5.82 Å². The highest BCUT2D eigenvalue weighted by atomic mass is 32.2. The molecule has 5 rings (SSSR count). The molecule has 0 fully saturated rings. The van der Waals surface area contributed by atoms with Crippen molar-refractivity contribution in [3.05, 3.63) is 95.8 Å². The lowest BCUT2D eigenvalue weighted by molar-refractivity contribution is 0.306. The molecule has 0 amide bonds. The summed E-state index contributed by atoms with van der Waals surface area (Å²) < 4.78 is 45.3. The van der Waals surface area contributed by atoms with Gasteiger partial charge >= 0.3 is 0 Å². The van der Waals surface area contributed by atoms with Crippen LogP contribution < -0.4 is 4.74 Å². The number of hydrogen-bond acceptors (Lipinski definition) is 5. The molecule has 5 aromatic rings. The van der Waals surface area contributed by atoms with E-state index >= 15 is 0 Å². The fourth-order valence-electron chi connectivity index (χ4n) is 3.62. The van der Waals surface area contributed by atoms with Gasteiger partial charge in [0.1, 0.15) is 18.2 Å². The molecule has 0 radical (unpaired) electrons. The molecule has 0 aliphatic rings. The number of sulfone groups is 1. The van der Waals surface area contributed by atoms with Crippen LogP contribution in [0.5, 0.6) is 5.75 Å². The van der Waals surface area contributed by atoms with Crippen molar-refractivity contribution < 1.29 is 17.5 Å². The van der Waals surface area contributed by atoms with E-state index in [2.05, 4.69) is 0 Å². The van der Waals surface area contributed by atoms with Crippen molar-refractivity contribution in [1.29, 1.82) is 0 Å². The lowest BCUT2D eigenvalue weighted by atomic mass is 10.0. The molecular formula is C25H19FN2O3S2. The second-order valence-electron chi connectivity index (χ2n) is 7.61. The van der Waals surface area contributed by atoms with Crippen LogP contribution in [0.15, 0.2) is 89.3 Å². The monoisotopic (exact) mass is 478 g/mol.